The van der Waals surface area contributed by atoms with E-state index in [9.17, 15) is 13.6 Å². The molecule has 1 rings (SSSR count). The Kier molecular flexibility index (Phi) is 7.80. The van der Waals surface area contributed by atoms with Crippen molar-refractivity contribution >= 4 is 6.09 Å². The van der Waals surface area contributed by atoms with Crippen LogP contribution in [0.4, 0.5) is 13.6 Å². The van der Waals surface area contributed by atoms with Gasteiger partial charge in [-0.05, 0) is 44.7 Å². The van der Waals surface area contributed by atoms with Crippen LogP contribution in [-0.2, 0) is 11.2 Å². The molecular weight excluding hydrogens is 326 g/mol. The Morgan fingerprint density at radius 2 is 1.72 bits per heavy atom. The lowest BCUT2D eigenvalue weighted by Crippen LogP contribution is -2.45. The summed E-state index contributed by atoms with van der Waals surface area (Å²) in [5.41, 5.74) is 1.48. The van der Waals surface area contributed by atoms with E-state index in [1.165, 1.54) is 5.56 Å². The van der Waals surface area contributed by atoms with Crippen molar-refractivity contribution in [2.75, 3.05) is 13.1 Å². The monoisotopic (exact) mass is 356 g/mol. The Balaban J connectivity index is 2.52. The molecule has 142 valence electrons. The molecule has 6 heteroatoms. The summed E-state index contributed by atoms with van der Waals surface area (Å²) in [7, 11) is 0. The zero-order valence-corrected chi connectivity index (χ0v) is 15.8. The Bertz CT molecular complexity index is 539. The van der Waals surface area contributed by atoms with Gasteiger partial charge < -0.3 is 15.4 Å². The van der Waals surface area contributed by atoms with E-state index in [1.807, 2.05) is 31.2 Å². The maximum atomic E-state index is 14.0. The third-order valence-corrected chi connectivity index (χ3v) is 3.70. The number of ether oxygens (including phenoxy) is 1. The van der Waals surface area contributed by atoms with Gasteiger partial charge in [0.05, 0.1) is 13.1 Å². The minimum atomic E-state index is -3.06. The fourth-order valence-electron chi connectivity index (χ4n) is 2.33. The highest BCUT2D eigenvalue weighted by molar-refractivity contribution is 5.67. The van der Waals surface area contributed by atoms with Crippen molar-refractivity contribution in [3.05, 3.63) is 35.4 Å². The first-order valence-corrected chi connectivity index (χ1v) is 8.73. The first-order valence-electron chi connectivity index (χ1n) is 8.73. The fourth-order valence-corrected chi connectivity index (χ4v) is 2.33. The SMILES string of the molecule is CCc1ccc(C(CC)NCC(F)(F)CNC(=O)OC(C)(C)C)cc1. The van der Waals surface area contributed by atoms with Crippen molar-refractivity contribution in [2.45, 2.75) is 65.0 Å². The third-order valence-electron chi connectivity index (χ3n) is 3.70. The highest BCUT2D eigenvalue weighted by Gasteiger charge is 2.31. The quantitative estimate of drug-likeness (QED) is 0.723. The van der Waals surface area contributed by atoms with E-state index in [0.29, 0.717) is 6.42 Å². The Labute approximate surface area is 149 Å². The maximum absolute atomic E-state index is 14.0. The number of hydrogen-bond acceptors (Lipinski definition) is 3. The van der Waals surface area contributed by atoms with Gasteiger partial charge in [0.1, 0.15) is 5.60 Å². The van der Waals surface area contributed by atoms with Gasteiger partial charge in [-0.3, -0.25) is 0 Å². The molecule has 0 aromatic heterocycles. The molecular formula is C19H30F2N2O2. The maximum Gasteiger partial charge on any atom is 0.407 e. The van der Waals surface area contributed by atoms with Gasteiger partial charge in [0.25, 0.3) is 5.92 Å². The summed E-state index contributed by atoms with van der Waals surface area (Å²) in [5, 5.41) is 5.02. The number of benzene rings is 1. The molecule has 1 amide bonds. The van der Waals surface area contributed by atoms with Gasteiger partial charge in [-0.2, -0.15) is 0 Å². The molecule has 0 saturated carbocycles. The lowest BCUT2D eigenvalue weighted by atomic mass is 10.0. The Morgan fingerprint density at radius 3 is 2.20 bits per heavy atom. The molecule has 0 aliphatic heterocycles. The highest BCUT2D eigenvalue weighted by atomic mass is 19.3. The molecule has 25 heavy (non-hydrogen) atoms. The standard InChI is InChI=1S/C19H30F2N2O2/c1-6-14-8-10-15(11-9-14)16(7-2)22-12-19(20,21)13-23-17(24)25-18(3,4)5/h8-11,16,22H,6-7,12-13H2,1-5H3,(H,23,24). The normalized spacial score (nSPS) is 13.4. The van der Waals surface area contributed by atoms with Crippen molar-refractivity contribution in [3.63, 3.8) is 0 Å². The largest absolute Gasteiger partial charge is 0.444 e. The molecule has 0 radical (unpaired) electrons. The van der Waals surface area contributed by atoms with Crippen LogP contribution in [0.25, 0.3) is 0 Å². The van der Waals surface area contributed by atoms with Crippen LogP contribution >= 0.6 is 0 Å². The van der Waals surface area contributed by atoms with Gasteiger partial charge in [0.15, 0.2) is 0 Å². The van der Waals surface area contributed by atoms with E-state index in [-0.39, 0.29) is 6.04 Å². The molecule has 1 aromatic rings. The minimum Gasteiger partial charge on any atom is -0.444 e. The number of alkyl halides is 2. The van der Waals surface area contributed by atoms with Gasteiger partial charge in [0, 0.05) is 6.04 Å². The third kappa shape index (κ3) is 8.29. The zero-order valence-electron chi connectivity index (χ0n) is 15.8. The number of carbonyl (C=O) groups is 1. The number of nitrogens with one attached hydrogen (secondary N) is 2. The zero-order chi connectivity index (χ0) is 19.1. The molecule has 0 aliphatic rings. The molecule has 1 aromatic carbocycles. The Hall–Kier alpha value is -1.69. The van der Waals surface area contributed by atoms with Gasteiger partial charge in [-0.1, -0.05) is 38.1 Å². The van der Waals surface area contributed by atoms with E-state index < -0.39 is 30.7 Å². The molecule has 4 nitrogen and oxygen atoms in total. The summed E-state index contributed by atoms with van der Waals surface area (Å²) in [6.07, 6.45) is 0.800. The van der Waals surface area contributed by atoms with Crippen molar-refractivity contribution in [2.24, 2.45) is 0 Å². The average molecular weight is 356 g/mol. The van der Waals surface area contributed by atoms with Crippen molar-refractivity contribution < 1.29 is 18.3 Å². The van der Waals surface area contributed by atoms with E-state index in [0.717, 1.165) is 12.0 Å². The van der Waals surface area contributed by atoms with E-state index in [2.05, 4.69) is 17.6 Å². The van der Waals surface area contributed by atoms with E-state index in [1.54, 1.807) is 20.8 Å². The number of rotatable bonds is 8. The van der Waals surface area contributed by atoms with Crippen LogP contribution in [0.5, 0.6) is 0 Å². The molecule has 0 spiro atoms. The van der Waals surface area contributed by atoms with Gasteiger partial charge >= 0.3 is 6.09 Å². The Morgan fingerprint density at radius 1 is 1.12 bits per heavy atom. The second-order valence-electron chi connectivity index (χ2n) is 7.15. The molecule has 1 atom stereocenters. The molecule has 0 saturated heterocycles. The second-order valence-corrected chi connectivity index (χ2v) is 7.15. The summed E-state index contributed by atoms with van der Waals surface area (Å²) < 4.78 is 33.0. The molecule has 0 aliphatic carbocycles. The summed E-state index contributed by atoms with van der Waals surface area (Å²) in [6, 6.07) is 7.82. The van der Waals surface area contributed by atoms with Crippen LogP contribution in [-0.4, -0.2) is 30.7 Å². The molecule has 1 unspecified atom stereocenters. The van der Waals surface area contributed by atoms with Crippen LogP contribution in [0.3, 0.4) is 0 Å². The summed E-state index contributed by atoms with van der Waals surface area (Å²) >= 11 is 0. The van der Waals surface area contributed by atoms with Crippen LogP contribution in [0, 0.1) is 0 Å². The number of hydrogen-bond donors (Lipinski definition) is 2. The predicted molar refractivity (Wildman–Crippen MR) is 96.0 cm³/mol. The summed E-state index contributed by atoms with van der Waals surface area (Å²) in [4.78, 5) is 11.5. The number of halogens is 2. The van der Waals surface area contributed by atoms with E-state index in [4.69, 9.17) is 4.74 Å². The smallest absolute Gasteiger partial charge is 0.407 e. The number of amides is 1. The lowest BCUT2D eigenvalue weighted by Gasteiger charge is -2.24. The number of alkyl carbamates (subject to hydrolysis) is 1. The van der Waals surface area contributed by atoms with E-state index >= 15 is 0 Å². The summed E-state index contributed by atoms with van der Waals surface area (Å²) in [6.45, 7) is 7.79. The van der Waals surface area contributed by atoms with Crippen LogP contribution in [0.1, 0.15) is 58.2 Å². The second kappa shape index (κ2) is 9.13. The van der Waals surface area contributed by atoms with Gasteiger partial charge in [-0.25, -0.2) is 13.6 Å². The predicted octanol–water partition coefficient (Wildman–Crippen LogP) is 4.45. The van der Waals surface area contributed by atoms with Crippen LogP contribution in [0.15, 0.2) is 24.3 Å². The fraction of sp³-hybridized carbons (Fsp3) is 0.632. The minimum absolute atomic E-state index is 0.154. The molecule has 2 N–H and O–H groups in total. The first-order chi connectivity index (χ1) is 11.6. The van der Waals surface area contributed by atoms with Crippen molar-refractivity contribution in [1.29, 1.82) is 0 Å². The van der Waals surface area contributed by atoms with Crippen molar-refractivity contribution in [1.82, 2.24) is 10.6 Å². The number of carbonyl (C=O) groups excluding carboxylic acids is 1. The topological polar surface area (TPSA) is 50.4 Å². The molecule has 0 fully saturated rings. The van der Waals surface area contributed by atoms with Crippen LogP contribution in [0.2, 0.25) is 0 Å². The number of aryl methyl sites for hydroxylation is 1. The summed E-state index contributed by atoms with van der Waals surface area (Å²) in [5.74, 6) is -3.06. The highest BCUT2D eigenvalue weighted by Crippen LogP contribution is 2.20. The van der Waals surface area contributed by atoms with Gasteiger partial charge in [-0.15, -0.1) is 0 Å². The first kappa shape index (κ1) is 21.4. The molecule has 0 bridgehead atoms. The van der Waals surface area contributed by atoms with Gasteiger partial charge in [0.2, 0.25) is 0 Å². The van der Waals surface area contributed by atoms with Crippen LogP contribution < -0.4 is 10.6 Å². The lowest BCUT2D eigenvalue weighted by molar-refractivity contribution is -0.00572. The average Bonchev–Trinajstić information content (AvgIpc) is 2.52. The van der Waals surface area contributed by atoms with Crippen molar-refractivity contribution in [3.8, 4) is 0 Å². The molecule has 0 heterocycles.